The maximum atomic E-state index is 11.7. The van der Waals surface area contributed by atoms with Gasteiger partial charge in [0.2, 0.25) is 0 Å². The number of rotatable bonds is 1. The fourth-order valence-corrected chi connectivity index (χ4v) is 1.94. The molecular weight excluding hydrogens is 293 g/mol. The summed E-state index contributed by atoms with van der Waals surface area (Å²) in [6.45, 7) is 0. The molecule has 2 heterocycles. The minimum absolute atomic E-state index is 0. The molecule has 16 heavy (non-hydrogen) atoms. The van der Waals surface area contributed by atoms with Gasteiger partial charge in [0.25, 0.3) is 0 Å². The number of carbonyl (C=O) groups excluding carboxylic acids is 1. The Kier molecular flexibility index (Phi) is 4.96. The van der Waals surface area contributed by atoms with Gasteiger partial charge < -0.3 is 4.74 Å². The molecule has 0 radical (unpaired) electrons. The lowest BCUT2D eigenvalue weighted by Gasteiger charge is -2.22. The van der Waals surface area contributed by atoms with E-state index >= 15 is 0 Å². The molecule has 0 amide bonds. The van der Waals surface area contributed by atoms with Crippen molar-refractivity contribution in [2.45, 2.75) is 18.8 Å². The SMILES string of the molecule is Cl.O=C1O/C(=C\Br)CCC1c1cccnc1. The van der Waals surface area contributed by atoms with Crippen LogP contribution in [0.15, 0.2) is 35.3 Å². The molecule has 0 saturated carbocycles. The molecule has 1 fully saturated rings. The van der Waals surface area contributed by atoms with Gasteiger partial charge in [0, 0.05) is 23.8 Å². The third-order valence-corrected chi connectivity index (χ3v) is 2.91. The summed E-state index contributed by atoms with van der Waals surface area (Å²) in [6, 6.07) is 3.74. The molecule has 86 valence electrons. The molecule has 1 aliphatic heterocycles. The number of nitrogens with zero attached hydrogens (tertiary/aromatic N) is 1. The highest BCUT2D eigenvalue weighted by molar-refractivity contribution is 9.11. The maximum Gasteiger partial charge on any atom is 0.318 e. The van der Waals surface area contributed by atoms with E-state index < -0.39 is 0 Å². The van der Waals surface area contributed by atoms with E-state index in [4.69, 9.17) is 4.74 Å². The Morgan fingerprint density at radius 1 is 1.56 bits per heavy atom. The molecule has 1 aromatic heterocycles. The molecule has 0 aromatic carbocycles. The number of cyclic esters (lactones) is 1. The summed E-state index contributed by atoms with van der Waals surface area (Å²) < 4.78 is 5.15. The summed E-state index contributed by atoms with van der Waals surface area (Å²) in [5, 5.41) is 0. The van der Waals surface area contributed by atoms with Gasteiger partial charge in [0.1, 0.15) is 5.76 Å². The fraction of sp³-hybridized carbons (Fsp3) is 0.273. The minimum Gasteiger partial charge on any atom is -0.430 e. The number of ether oxygens (including phenoxy) is 1. The lowest BCUT2D eigenvalue weighted by molar-refractivity contribution is -0.143. The van der Waals surface area contributed by atoms with Crippen molar-refractivity contribution in [1.82, 2.24) is 4.98 Å². The molecule has 0 spiro atoms. The molecule has 1 aliphatic rings. The van der Waals surface area contributed by atoms with Gasteiger partial charge in [0.15, 0.2) is 0 Å². The van der Waals surface area contributed by atoms with Gasteiger partial charge in [-0.2, -0.15) is 0 Å². The molecule has 0 N–H and O–H groups in total. The van der Waals surface area contributed by atoms with Gasteiger partial charge >= 0.3 is 5.97 Å². The molecule has 0 aliphatic carbocycles. The molecule has 5 heteroatoms. The molecular formula is C11H11BrClNO2. The van der Waals surface area contributed by atoms with E-state index in [1.165, 1.54) is 0 Å². The second-order valence-corrected chi connectivity index (χ2v) is 3.83. The van der Waals surface area contributed by atoms with E-state index in [-0.39, 0.29) is 24.3 Å². The lowest BCUT2D eigenvalue weighted by Crippen LogP contribution is -2.21. The predicted molar refractivity (Wildman–Crippen MR) is 66.6 cm³/mol. The molecule has 2 rings (SSSR count). The Bertz CT molecular complexity index is 394. The van der Waals surface area contributed by atoms with E-state index in [1.54, 1.807) is 17.4 Å². The topological polar surface area (TPSA) is 39.2 Å². The van der Waals surface area contributed by atoms with Crippen molar-refractivity contribution in [2.24, 2.45) is 0 Å². The van der Waals surface area contributed by atoms with E-state index in [2.05, 4.69) is 20.9 Å². The first-order valence-electron chi connectivity index (χ1n) is 4.72. The average Bonchev–Trinajstić information content (AvgIpc) is 2.30. The highest BCUT2D eigenvalue weighted by Gasteiger charge is 2.28. The standard InChI is InChI=1S/C11H10BrNO2.ClH/c12-6-9-3-4-10(11(14)15-9)8-2-1-5-13-7-8;/h1-2,5-7,10H,3-4H2;1H/b9-6-;. The van der Waals surface area contributed by atoms with Crippen LogP contribution in [0.25, 0.3) is 0 Å². The molecule has 1 atom stereocenters. The molecule has 1 aromatic rings. The monoisotopic (exact) mass is 303 g/mol. The van der Waals surface area contributed by atoms with Gasteiger partial charge in [-0.05, 0) is 18.1 Å². The second kappa shape index (κ2) is 6.01. The Morgan fingerprint density at radius 2 is 2.38 bits per heavy atom. The number of hydrogen-bond donors (Lipinski definition) is 0. The average molecular weight is 305 g/mol. The van der Waals surface area contributed by atoms with Crippen molar-refractivity contribution in [2.75, 3.05) is 0 Å². The van der Waals surface area contributed by atoms with Crippen LogP contribution >= 0.6 is 28.3 Å². The van der Waals surface area contributed by atoms with E-state index in [9.17, 15) is 4.79 Å². The molecule has 0 bridgehead atoms. The zero-order valence-electron chi connectivity index (χ0n) is 8.43. The van der Waals surface area contributed by atoms with Crippen LogP contribution in [0, 0.1) is 0 Å². The quantitative estimate of drug-likeness (QED) is 0.748. The van der Waals surface area contributed by atoms with E-state index in [0.717, 1.165) is 18.4 Å². The Balaban J connectivity index is 0.00000128. The first kappa shape index (κ1) is 13.2. The van der Waals surface area contributed by atoms with E-state index in [0.29, 0.717) is 5.76 Å². The van der Waals surface area contributed by atoms with Crippen LogP contribution in [0.1, 0.15) is 24.3 Å². The largest absolute Gasteiger partial charge is 0.430 e. The van der Waals surface area contributed by atoms with Crippen molar-refractivity contribution in [3.8, 4) is 0 Å². The van der Waals surface area contributed by atoms with Crippen molar-refractivity contribution in [3.05, 3.63) is 40.8 Å². The Hall–Kier alpha value is -0.870. The normalized spacial score (nSPS) is 22.4. The Morgan fingerprint density at radius 3 is 2.94 bits per heavy atom. The predicted octanol–water partition coefficient (Wildman–Crippen LogP) is 3.16. The van der Waals surface area contributed by atoms with Crippen LogP contribution in [-0.2, 0) is 9.53 Å². The number of esters is 1. The van der Waals surface area contributed by atoms with Crippen molar-refractivity contribution in [1.29, 1.82) is 0 Å². The van der Waals surface area contributed by atoms with Crippen LogP contribution in [0.5, 0.6) is 0 Å². The molecule has 1 saturated heterocycles. The van der Waals surface area contributed by atoms with Gasteiger partial charge in [-0.15, -0.1) is 12.4 Å². The van der Waals surface area contributed by atoms with Crippen molar-refractivity contribution >= 4 is 34.3 Å². The summed E-state index contributed by atoms with van der Waals surface area (Å²) in [5.41, 5.74) is 0.927. The van der Waals surface area contributed by atoms with Crippen LogP contribution < -0.4 is 0 Å². The van der Waals surface area contributed by atoms with Crippen LogP contribution in [-0.4, -0.2) is 11.0 Å². The van der Waals surface area contributed by atoms with Gasteiger partial charge in [-0.25, -0.2) is 0 Å². The Labute approximate surface area is 108 Å². The van der Waals surface area contributed by atoms with Crippen LogP contribution in [0.4, 0.5) is 0 Å². The number of allylic oxidation sites excluding steroid dienone is 1. The summed E-state index contributed by atoms with van der Waals surface area (Å²) in [7, 11) is 0. The van der Waals surface area contributed by atoms with Crippen LogP contribution in [0.2, 0.25) is 0 Å². The first-order valence-corrected chi connectivity index (χ1v) is 5.63. The first-order chi connectivity index (χ1) is 7.31. The van der Waals surface area contributed by atoms with Crippen molar-refractivity contribution in [3.63, 3.8) is 0 Å². The maximum absolute atomic E-state index is 11.7. The number of hydrogen-bond acceptors (Lipinski definition) is 3. The molecule has 1 unspecified atom stereocenters. The highest BCUT2D eigenvalue weighted by atomic mass is 79.9. The third kappa shape index (κ3) is 2.83. The highest BCUT2D eigenvalue weighted by Crippen LogP contribution is 2.30. The van der Waals surface area contributed by atoms with Crippen molar-refractivity contribution < 1.29 is 9.53 Å². The summed E-state index contributed by atoms with van der Waals surface area (Å²) in [4.78, 5) is 17.3. The number of aromatic nitrogens is 1. The zero-order chi connectivity index (χ0) is 10.7. The summed E-state index contributed by atoms with van der Waals surface area (Å²) >= 11 is 3.16. The zero-order valence-corrected chi connectivity index (χ0v) is 10.8. The summed E-state index contributed by atoms with van der Waals surface area (Å²) in [6.07, 6.45) is 4.97. The van der Waals surface area contributed by atoms with Gasteiger partial charge in [-0.3, -0.25) is 9.78 Å². The fourth-order valence-electron chi connectivity index (χ4n) is 1.62. The third-order valence-electron chi connectivity index (χ3n) is 2.40. The summed E-state index contributed by atoms with van der Waals surface area (Å²) in [5.74, 6) is 0.329. The number of pyridine rings is 1. The number of halogens is 2. The molecule has 3 nitrogen and oxygen atoms in total. The minimum atomic E-state index is -0.194. The lowest BCUT2D eigenvalue weighted by atomic mass is 9.93. The second-order valence-electron chi connectivity index (χ2n) is 3.37. The van der Waals surface area contributed by atoms with Gasteiger partial charge in [0.05, 0.1) is 5.92 Å². The van der Waals surface area contributed by atoms with E-state index in [1.807, 2.05) is 12.1 Å². The number of carbonyl (C=O) groups is 1. The van der Waals surface area contributed by atoms with Crippen LogP contribution in [0.3, 0.4) is 0 Å². The smallest absolute Gasteiger partial charge is 0.318 e. The van der Waals surface area contributed by atoms with Gasteiger partial charge in [-0.1, -0.05) is 22.0 Å².